The van der Waals surface area contributed by atoms with Gasteiger partial charge in [-0.25, -0.2) is 4.99 Å². The standard InChI is InChI=1S/C15H20N2O3/c1-10(14-8-7-13(9-18)20-14)15(16-2)17-11-3-5-12(19)6-4-11/h7-9,11-12,17,19H,2-6H2,1H3/b15-10-/t11-,12-. The van der Waals surface area contributed by atoms with Crippen LogP contribution in [0.3, 0.4) is 0 Å². The number of furan rings is 1. The maximum Gasteiger partial charge on any atom is 0.185 e. The van der Waals surface area contributed by atoms with E-state index in [0.717, 1.165) is 31.3 Å². The fourth-order valence-corrected chi connectivity index (χ4v) is 2.42. The van der Waals surface area contributed by atoms with E-state index in [4.69, 9.17) is 4.42 Å². The Labute approximate surface area is 118 Å². The second-order valence-electron chi connectivity index (χ2n) is 5.10. The Balaban J connectivity index is 2.11. The third-order valence-electron chi connectivity index (χ3n) is 3.66. The van der Waals surface area contributed by atoms with Gasteiger partial charge in [0.05, 0.1) is 6.10 Å². The van der Waals surface area contributed by atoms with E-state index in [1.165, 1.54) is 0 Å². The lowest BCUT2D eigenvalue weighted by atomic mass is 9.93. The summed E-state index contributed by atoms with van der Waals surface area (Å²) in [6.45, 7) is 5.46. The molecule has 0 spiro atoms. The summed E-state index contributed by atoms with van der Waals surface area (Å²) in [7, 11) is 0. The molecule has 1 heterocycles. The molecule has 108 valence electrons. The van der Waals surface area contributed by atoms with Crippen molar-refractivity contribution in [3.63, 3.8) is 0 Å². The van der Waals surface area contributed by atoms with Crippen LogP contribution >= 0.6 is 0 Å². The van der Waals surface area contributed by atoms with Gasteiger partial charge in [-0.05, 0) is 51.5 Å². The Morgan fingerprint density at radius 1 is 1.45 bits per heavy atom. The maximum absolute atomic E-state index is 10.6. The van der Waals surface area contributed by atoms with Crippen LogP contribution in [0.15, 0.2) is 27.4 Å². The maximum atomic E-state index is 10.6. The molecule has 1 aromatic rings. The summed E-state index contributed by atoms with van der Waals surface area (Å²) >= 11 is 0. The number of nitrogens with zero attached hydrogens (tertiary/aromatic N) is 1. The van der Waals surface area contributed by atoms with Crippen LogP contribution in [0, 0.1) is 0 Å². The van der Waals surface area contributed by atoms with Crippen molar-refractivity contribution >= 4 is 18.6 Å². The Hall–Kier alpha value is -1.88. The molecule has 0 aliphatic heterocycles. The number of carbonyl (C=O) groups excluding carboxylic acids is 1. The predicted octanol–water partition coefficient (Wildman–Crippen LogP) is 2.37. The molecule has 1 saturated carbocycles. The lowest BCUT2D eigenvalue weighted by Crippen LogP contribution is -2.34. The van der Waals surface area contributed by atoms with Crippen molar-refractivity contribution in [1.29, 1.82) is 0 Å². The molecule has 0 atom stereocenters. The molecule has 0 radical (unpaired) electrons. The number of allylic oxidation sites excluding steroid dienone is 1. The van der Waals surface area contributed by atoms with Crippen LogP contribution in [-0.4, -0.2) is 30.3 Å². The van der Waals surface area contributed by atoms with E-state index in [1.807, 2.05) is 6.92 Å². The molecule has 2 rings (SSSR count). The first-order valence-electron chi connectivity index (χ1n) is 6.81. The third-order valence-corrected chi connectivity index (χ3v) is 3.66. The molecule has 20 heavy (non-hydrogen) atoms. The summed E-state index contributed by atoms with van der Waals surface area (Å²) < 4.78 is 5.39. The van der Waals surface area contributed by atoms with Gasteiger partial charge in [-0.3, -0.25) is 4.79 Å². The molecule has 0 aromatic carbocycles. The summed E-state index contributed by atoms with van der Waals surface area (Å²) in [5, 5.41) is 12.9. The molecule has 5 heteroatoms. The summed E-state index contributed by atoms with van der Waals surface area (Å²) in [4.78, 5) is 14.7. The monoisotopic (exact) mass is 276 g/mol. The number of aliphatic hydroxyl groups is 1. The SMILES string of the molecule is C=N/C(N[C@H]1CC[C@H](O)CC1)=C(\C)c1ccc(C=O)o1. The molecule has 1 aromatic heterocycles. The van der Waals surface area contributed by atoms with Crippen molar-refractivity contribution in [1.82, 2.24) is 5.32 Å². The van der Waals surface area contributed by atoms with Gasteiger partial charge in [0.1, 0.15) is 11.6 Å². The van der Waals surface area contributed by atoms with E-state index in [-0.39, 0.29) is 12.1 Å². The summed E-state index contributed by atoms with van der Waals surface area (Å²) in [5.41, 5.74) is 0.819. The van der Waals surface area contributed by atoms with Crippen molar-refractivity contribution in [3.8, 4) is 0 Å². The highest BCUT2D eigenvalue weighted by molar-refractivity contribution is 5.73. The second kappa shape index (κ2) is 6.52. The van der Waals surface area contributed by atoms with E-state index in [1.54, 1.807) is 12.1 Å². The minimum absolute atomic E-state index is 0.182. The average Bonchev–Trinajstić information content (AvgIpc) is 2.95. The Morgan fingerprint density at radius 2 is 2.15 bits per heavy atom. The third kappa shape index (κ3) is 3.36. The van der Waals surface area contributed by atoms with E-state index < -0.39 is 0 Å². The first-order valence-corrected chi connectivity index (χ1v) is 6.81. The van der Waals surface area contributed by atoms with E-state index in [0.29, 0.717) is 23.6 Å². The first kappa shape index (κ1) is 14.5. The molecule has 0 amide bonds. The van der Waals surface area contributed by atoms with Gasteiger partial charge in [-0.2, -0.15) is 0 Å². The van der Waals surface area contributed by atoms with E-state index >= 15 is 0 Å². The topological polar surface area (TPSA) is 74.8 Å². The van der Waals surface area contributed by atoms with Crippen LogP contribution in [0.1, 0.15) is 48.9 Å². The Morgan fingerprint density at radius 3 is 2.70 bits per heavy atom. The van der Waals surface area contributed by atoms with Crippen molar-refractivity contribution in [2.75, 3.05) is 0 Å². The van der Waals surface area contributed by atoms with Gasteiger partial charge in [0.2, 0.25) is 0 Å². The summed E-state index contributed by atoms with van der Waals surface area (Å²) in [6, 6.07) is 3.66. The number of hydrogen-bond acceptors (Lipinski definition) is 5. The lowest BCUT2D eigenvalue weighted by molar-refractivity contribution is 0.110. The molecule has 1 aliphatic carbocycles. The van der Waals surface area contributed by atoms with Crippen LogP contribution < -0.4 is 5.32 Å². The number of aliphatic hydroxyl groups excluding tert-OH is 1. The largest absolute Gasteiger partial charge is 0.454 e. The molecule has 0 saturated heterocycles. The zero-order valence-electron chi connectivity index (χ0n) is 11.6. The molecular weight excluding hydrogens is 256 g/mol. The molecule has 0 unspecified atom stereocenters. The smallest absolute Gasteiger partial charge is 0.185 e. The van der Waals surface area contributed by atoms with Crippen molar-refractivity contribution < 1.29 is 14.3 Å². The first-order chi connectivity index (χ1) is 9.63. The summed E-state index contributed by atoms with van der Waals surface area (Å²) in [6.07, 6.45) is 3.91. The van der Waals surface area contributed by atoms with Gasteiger partial charge in [-0.15, -0.1) is 0 Å². The number of aliphatic imine (C=N–C) groups is 1. The van der Waals surface area contributed by atoms with Crippen LogP contribution in [0.25, 0.3) is 5.57 Å². The van der Waals surface area contributed by atoms with Crippen molar-refractivity contribution in [2.45, 2.75) is 44.8 Å². The molecule has 0 bridgehead atoms. The Kier molecular flexibility index (Phi) is 4.74. The van der Waals surface area contributed by atoms with Gasteiger partial charge >= 0.3 is 0 Å². The molecule has 2 N–H and O–H groups in total. The van der Waals surface area contributed by atoms with Crippen LogP contribution in [0.2, 0.25) is 0 Å². The van der Waals surface area contributed by atoms with E-state index in [9.17, 15) is 9.90 Å². The average molecular weight is 276 g/mol. The highest BCUT2D eigenvalue weighted by Crippen LogP contribution is 2.23. The van der Waals surface area contributed by atoms with Crippen LogP contribution in [-0.2, 0) is 0 Å². The van der Waals surface area contributed by atoms with Gasteiger partial charge in [-0.1, -0.05) is 0 Å². The molecular formula is C15H20N2O3. The van der Waals surface area contributed by atoms with Crippen LogP contribution in [0.5, 0.6) is 0 Å². The highest BCUT2D eigenvalue weighted by atomic mass is 16.3. The normalized spacial score (nSPS) is 23.9. The van der Waals surface area contributed by atoms with Crippen LogP contribution in [0.4, 0.5) is 0 Å². The van der Waals surface area contributed by atoms with Gasteiger partial charge in [0.25, 0.3) is 0 Å². The number of rotatable bonds is 5. The number of nitrogens with one attached hydrogen (secondary N) is 1. The minimum Gasteiger partial charge on any atom is -0.454 e. The molecule has 1 aliphatic rings. The van der Waals surface area contributed by atoms with Crippen molar-refractivity contribution in [3.05, 3.63) is 29.5 Å². The zero-order valence-corrected chi connectivity index (χ0v) is 11.6. The van der Waals surface area contributed by atoms with Gasteiger partial charge in [0.15, 0.2) is 12.0 Å². The lowest BCUT2D eigenvalue weighted by Gasteiger charge is -2.27. The number of hydrogen-bond donors (Lipinski definition) is 2. The fraction of sp³-hybridized carbons (Fsp3) is 0.467. The predicted molar refractivity (Wildman–Crippen MR) is 77.6 cm³/mol. The Bertz CT molecular complexity index is 511. The highest BCUT2D eigenvalue weighted by Gasteiger charge is 2.20. The number of aldehydes is 1. The second-order valence-corrected chi connectivity index (χ2v) is 5.10. The van der Waals surface area contributed by atoms with E-state index in [2.05, 4.69) is 17.0 Å². The van der Waals surface area contributed by atoms with Crippen molar-refractivity contribution in [2.24, 2.45) is 4.99 Å². The minimum atomic E-state index is -0.182. The quantitative estimate of drug-likeness (QED) is 0.639. The van der Waals surface area contributed by atoms with Gasteiger partial charge in [0, 0.05) is 11.6 Å². The molecule has 5 nitrogen and oxygen atoms in total. The summed E-state index contributed by atoms with van der Waals surface area (Å²) in [5.74, 6) is 1.57. The fourth-order valence-electron chi connectivity index (χ4n) is 2.42. The number of carbonyl (C=O) groups is 1. The zero-order chi connectivity index (χ0) is 14.5. The van der Waals surface area contributed by atoms with Gasteiger partial charge < -0.3 is 14.8 Å². The molecule has 1 fully saturated rings.